The first-order chi connectivity index (χ1) is 18.8. The van der Waals surface area contributed by atoms with Crippen LogP contribution in [0.1, 0.15) is 59.4 Å². The first-order valence-corrected chi connectivity index (χ1v) is 15.2. The van der Waals surface area contributed by atoms with Crippen LogP contribution in [-0.2, 0) is 25.7 Å². The van der Waals surface area contributed by atoms with Crippen LogP contribution in [0.5, 0.6) is 5.75 Å². The van der Waals surface area contributed by atoms with Crippen molar-refractivity contribution in [3.05, 3.63) is 29.8 Å². The van der Waals surface area contributed by atoms with E-state index in [4.69, 9.17) is 9.47 Å². The Kier molecular flexibility index (Phi) is 13.1. The maximum absolute atomic E-state index is 13.2. The molecule has 224 valence electrons. The number of benzene rings is 1. The van der Waals surface area contributed by atoms with Crippen LogP contribution in [-0.4, -0.2) is 78.6 Å². The fourth-order valence-corrected chi connectivity index (χ4v) is 4.85. The van der Waals surface area contributed by atoms with Crippen molar-refractivity contribution >= 4 is 35.6 Å². The number of ether oxygens (including phenoxy) is 2. The quantitative estimate of drug-likeness (QED) is 0.347. The molecule has 10 nitrogen and oxygen atoms in total. The molecule has 11 heteroatoms. The number of thioether (sulfide) groups is 1. The van der Waals surface area contributed by atoms with E-state index in [1.807, 2.05) is 44.4 Å². The summed E-state index contributed by atoms with van der Waals surface area (Å²) < 4.78 is 10.5. The molecule has 1 fully saturated rings. The SMILES string of the molecule is COc1ccc(CNC(=O)[C@H](NC(=O)C2CCN(C(=O)[C@H](CCSC)NC(=O)OC(C)(C)C)CC2)C(C)C)cc1. The van der Waals surface area contributed by atoms with Gasteiger partial charge in [-0.15, -0.1) is 0 Å². The van der Waals surface area contributed by atoms with Crippen molar-refractivity contribution in [2.45, 2.75) is 78.1 Å². The lowest BCUT2D eigenvalue weighted by molar-refractivity contribution is -0.138. The van der Waals surface area contributed by atoms with Crippen molar-refractivity contribution in [3.63, 3.8) is 0 Å². The fraction of sp³-hybridized carbons (Fsp3) is 0.655. The number of nitrogens with zero attached hydrogens (tertiary/aromatic N) is 1. The number of alkyl carbamates (subject to hydrolysis) is 1. The number of piperidine rings is 1. The Labute approximate surface area is 242 Å². The number of likely N-dealkylation sites (tertiary alicyclic amines) is 1. The monoisotopic (exact) mass is 578 g/mol. The Bertz CT molecular complexity index is 987. The zero-order valence-electron chi connectivity index (χ0n) is 24.9. The minimum Gasteiger partial charge on any atom is -0.497 e. The molecule has 1 aliphatic rings. The zero-order valence-corrected chi connectivity index (χ0v) is 25.7. The second-order valence-corrected chi connectivity index (χ2v) is 12.4. The first kappa shape index (κ1) is 33.3. The van der Waals surface area contributed by atoms with Crippen molar-refractivity contribution in [1.82, 2.24) is 20.9 Å². The van der Waals surface area contributed by atoms with Gasteiger partial charge < -0.3 is 30.3 Å². The molecule has 0 aromatic heterocycles. The summed E-state index contributed by atoms with van der Waals surface area (Å²) in [6, 6.07) is 6.07. The van der Waals surface area contributed by atoms with Crippen molar-refractivity contribution < 1.29 is 28.7 Å². The Morgan fingerprint density at radius 1 is 1.05 bits per heavy atom. The largest absolute Gasteiger partial charge is 0.497 e. The molecule has 1 saturated heterocycles. The minimum atomic E-state index is -0.688. The van der Waals surface area contributed by atoms with Gasteiger partial charge in [-0.25, -0.2) is 4.79 Å². The minimum absolute atomic E-state index is 0.0994. The number of rotatable bonds is 12. The van der Waals surface area contributed by atoms with Gasteiger partial charge in [0.15, 0.2) is 0 Å². The lowest BCUT2D eigenvalue weighted by Crippen LogP contribution is -2.54. The van der Waals surface area contributed by atoms with Crippen LogP contribution in [0.3, 0.4) is 0 Å². The molecule has 0 bridgehead atoms. The van der Waals surface area contributed by atoms with Crippen LogP contribution < -0.4 is 20.7 Å². The van der Waals surface area contributed by atoms with Crippen molar-refractivity contribution in [2.24, 2.45) is 11.8 Å². The van der Waals surface area contributed by atoms with Gasteiger partial charge in [-0.3, -0.25) is 14.4 Å². The predicted octanol–water partition coefficient (Wildman–Crippen LogP) is 3.34. The maximum atomic E-state index is 13.2. The normalized spacial score (nSPS) is 15.7. The van der Waals surface area contributed by atoms with E-state index in [1.165, 1.54) is 0 Å². The molecule has 1 heterocycles. The molecule has 2 atom stereocenters. The van der Waals surface area contributed by atoms with E-state index in [9.17, 15) is 19.2 Å². The fourth-order valence-electron chi connectivity index (χ4n) is 4.37. The van der Waals surface area contributed by atoms with Crippen LogP contribution in [0.15, 0.2) is 24.3 Å². The highest BCUT2D eigenvalue weighted by Crippen LogP contribution is 2.20. The molecule has 0 unspecified atom stereocenters. The molecule has 1 aliphatic heterocycles. The Balaban J connectivity index is 1.91. The average molecular weight is 579 g/mol. The molecule has 0 aliphatic carbocycles. The molecule has 2 rings (SSSR count). The second kappa shape index (κ2) is 15.7. The van der Waals surface area contributed by atoms with Gasteiger partial charge in [-0.2, -0.15) is 11.8 Å². The van der Waals surface area contributed by atoms with E-state index >= 15 is 0 Å². The number of nitrogens with one attached hydrogen (secondary N) is 3. The van der Waals surface area contributed by atoms with Crippen LogP contribution >= 0.6 is 11.8 Å². The molecule has 0 spiro atoms. The van der Waals surface area contributed by atoms with E-state index in [2.05, 4.69) is 16.0 Å². The molecule has 4 amide bonds. The summed E-state index contributed by atoms with van der Waals surface area (Å²) in [5.41, 5.74) is 0.264. The lowest BCUT2D eigenvalue weighted by Gasteiger charge is -2.34. The van der Waals surface area contributed by atoms with Crippen LogP contribution in [0.2, 0.25) is 0 Å². The summed E-state index contributed by atoms with van der Waals surface area (Å²) in [7, 11) is 1.60. The van der Waals surface area contributed by atoms with Crippen LogP contribution in [0.25, 0.3) is 0 Å². The van der Waals surface area contributed by atoms with Gasteiger partial charge in [0.1, 0.15) is 23.4 Å². The van der Waals surface area contributed by atoms with Crippen LogP contribution in [0.4, 0.5) is 4.79 Å². The topological polar surface area (TPSA) is 126 Å². The molecule has 0 saturated carbocycles. The van der Waals surface area contributed by atoms with Gasteiger partial charge in [0.25, 0.3) is 0 Å². The van der Waals surface area contributed by atoms with Crippen molar-refractivity contribution in [2.75, 3.05) is 32.2 Å². The summed E-state index contributed by atoms with van der Waals surface area (Å²) in [6.45, 7) is 10.3. The first-order valence-electron chi connectivity index (χ1n) is 13.8. The lowest BCUT2D eigenvalue weighted by atomic mass is 9.94. The van der Waals surface area contributed by atoms with E-state index < -0.39 is 23.8 Å². The Morgan fingerprint density at radius 2 is 1.68 bits per heavy atom. The third-order valence-electron chi connectivity index (χ3n) is 6.65. The smallest absolute Gasteiger partial charge is 0.408 e. The zero-order chi connectivity index (χ0) is 29.9. The molecule has 3 N–H and O–H groups in total. The molecular formula is C29H46N4O6S. The standard InChI is InChI=1S/C29H46N4O6S/c1-19(2)24(26(35)30-18-20-8-10-22(38-6)11-9-20)32-25(34)21-12-15-33(16-13-21)27(36)23(14-17-40-7)31-28(37)39-29(3,4)5/h8-11,19,21,23-24H,12-18H2,1-7H3,(H,30,35)(H,31,37)(H,32,34)/t23-,24+/m0/s1. The van der Waals surface area contributed by atoms with E-state index in [1.54, 1.807) is 44.5 Å². The summed E-state index contributed by atoms with van der Waals surface area (Å²) in [5, 5.41) is 8.57. The van der Waals surface area contributed by atoms with Gasteiger partial charge in [0.2, 0.25) is 17.7 Å². The number of hydrogen-bond donors (Lipinski definition) is 3. The second-order valence-electron chi connectivity index (χ2n) is 11.4. The highest BCUT2D eigenvalue weighted by Gasteiger charge is 2.34. The summed E-state index contributed by atoms with van der Waals surface area (Å²) in [4.78, 5) is 53.3. The molecule has 40 heavy (non-hydrogen) atoms. The number of amides is 4. The highest BCUT2D eigenvalue weighted by molar-refractivity contribution is 7.98. The predicted molar refractivity (Wildman–Crippen MR) is 157 cm³/mol. The third kappa shape index (κ3) is 10.9. The number of hydrogen-bond acceptors (Lipinski definition) is 7. The van der Waals surface area contributed by atoms with Crippen molar-refractivity contribution in [3.8, 4) is 5.75 Å². The maximum Gasteiger partial charge on any atom is 0.408 e. The Morgan fingerprint density at radius 3 is 2.20 bits per heavy atom. The van der Waals surface area contributed by atoms with Gasteiger partial charge in [-0.1, -0.05) is 26.0 Å². The van der Waals surface area contributed by atoms with E-state index in [0.29, 0.717) is 44.6 Å². The Hall–Kier alpha value is -2.95. The summed E-state index contributed by atoms with van der Waals surface area (Å²) in [6.07, 6.45) is 2.78. The van der Waals surface area contributed by atoms with Gasteiger partial charge >= 0.3 is 6.09 Å². The molecule has 1 aromatic carbocycles. The molecule has 0 radical (unpaired) electrons. The van der Waals surface area contributed by atoms with E-state index in [-0.39, 0.29) is 29.6 Å². The third-order valence-corrected chi connectivity index (χ3v) is 7.29. The van der Waals surface area contributed by atoms with Gasteiger partial charge in [0.05, 0.1) is 7.11 Å². The van der Waals surface area contributed by atoms with E-state index in [0.717, 1.165) is 11.3 Å². The van der Waals surface area contributed by atoms with Crippen molar-refractivity contribution in [1.29, 1.82) is 0 Å². The number of carbonyl (C=O) groups excluding carboxylic acids is 4. The number of carbonyl (C=O) groups is 4. The molecule has 1 aromatic rings. The molecular weight excluding hydrogens is 532 g/mol. The van der Waals surface area contributed by atoms with Crippen LogP contribution in [0, 0.1) is 11.8 Å². The average Bonchev–Trinajstić information content (AvgIpc) is 2.91. The summed E-state index contributed by atoms with van der Waals surface area (Å²) in [5.74, 6) is 0.456. The van der Waals surface area contributed by atoms with Gasteiger partial charge in [0, 0.05) is 25.6 Å². The summed E-state index contributed by atoms with van der Waals surface area (Å²) >= 11 is 1.60. The number of methoxy groups -OCH3 is 1. The van der Waals surface area contributed by atoms with Gasteiger partial charge in [-0.05, 0) is 75.7 Å². The highest BCUT2D eigenvalue weighted by atomic mass is 32.2.